The average molecular weight is 563 g/mol. The predicted octanol–water partition coefficient (Wildman–Crippen LogP) is 2.69. The summed E-state index contributed by atoms with van der Waals surface area (Å²) in [7, 11) is 1.88. The number of benzene rings is 2. The molecule has 0 saturated carbocycles. The highest BCUT2D eigenvalue weighted by atomic mass is 32.2. The maximum absolute atomic E-state index is 12.4. The van der Waals surface area contributed by atoms with Crippen molar-refractivity contribution >= 4 is 27.5 Å². The molecule has 1 aromatic heterocycles. The lowest BCUT2D eigenvalue weighted by Gasteiger charge is -2.28. The lowest BCUT2D eigenvalue weighted by atomic mass is 10.1. The zero-order valence-electron chi connectivity index (χ0n) is 22.0. The van der Waals surface area contributed by atoms with Crippen LogP contribution in [0.15, 0.2) is 53.9 Å². The molecule has 0 saturated heterocycles. The maximum Gasteiger partial charge on any atom is 0.303 e. The molecule has 12 heteroatoms. The van der Waals surface area contributed by atoms with Crippen LogP contribution >= 0.6 is 11.3 Å². The van der Waals surface area contributed by atoms with Gasteiger partial charge >= 0.3 is 10.2 Å². The van der Waals surface area contributed by atoms with E-state index in [-0.39, 0.29) is 12.2 Å². The van der Waals surface area contributed by atoms with Gasteiger partial charge in [0, 0.05) is 38.5 Å². The van der Waals surface area contributed by atoms with Crippen LogP contribution in [0.4, 0.5) is 0 Å². The fourth-order valence-electron chi connectivity index (χ4n) is 3.73. The highest BCUT2D eigenvalue weighted by Gasteiger charge is 2.23. The molecule has 0 aliphatic rings. The minimum atomic E-state index is -3.93. The first-order chi connectivity index (χ1) is 18.1. The molecule has 10 nitrogen and oxygen atoms in total. The molecule has 206 valence electrons. The molecule has 0 fully saturated rings. The average Bonchev–Trinajstić information content (AvgIpc) is 3.37. The summed E-state index contributed by atoms with van der Waals surface area (Å²) in [6, 6.07) is 15.6. The molecule has 0 aliphatic heterocycles. The van der Waals surface area contributed by atoms with Gasteiger partial charge in [-0.05, 0) is 30.0 Å². The number of aliphatic hydroxyl groups excluding tert-OH is 1. The van der Waals surface area contributed by atoms with Crippen molar-refractivity contribution in [1.82, 2.24) is 18.9 Å². The Morgan fingerprint density at radius 3 is 2.53 bits per heavy atom. The number of amides is 1. The maximum atomic E-state index is 12.4. The Kier molecular flexibility index (Phi) is 10.6. The SMILES string of the molecule is COc1ccc(CC(O)N(CCCc2ccccc2)Cc2nc(C(=O)NS(=O)(=O)N(C)C)cs2)c(OC)c1. The Labute approximate surface area is 228 Å². The standard InChI is InChI=1S/C26H34N4O6S2/c1-29(2)38(33,34)28-26(32)22-18-37-24(27-22)17-30(14-8-11-19-9-6-5-7-10-19)25(31)15-20-12-13-21(35-3)16-23(20)36-4/h5-7,9-10,12-13,16,18,25,31H,8,11,14-15,17H2,1-4H3,(H,28,32). The zero-order valence-corrected chi connectivity index (χ0v) is 23.6. The number of carbonyl (C=O) groups is 1. The van der Waals surface area contributed by atoms with Gasteiger partial charge < -0.3 is 14.6 Å². The molecule has 0 radical (unpaired) electrons. The molecule has 2 aromatic carbocycles. The van der Waals surface area contributed by atoms with E-state index in [0.717, 1.165) is 22.7 Å². The van der Waals surface area contributed by atoms with Crippen molar-refractivity contribution in [1.29, 1.82) is 0 Å². The Bertz CT molecular complexity index is 1300. The van der Waals surface area contributed by atoms with E-state index in [1.807, 2.05) is 40.0 Å². The van der Waals surface area contributed by atoms with Crippen molar-refractivity contribution in [2.24, 2.45) is 0 Å². The van der Waals surface area contributed by atoms with Gasteiger partial charge in [-0.3, -0.25) is 9.69 Å². The van der Waals surface area contributed by atoms with Crippen LogP contribution in [0.5, 0.6) is 11.5 Å². The molecule has 2 N–H and O–H groups in total. The van der Waals surface area contributed by atoms with Gasteiger partial charge in [-0.25, -0.2) is 9.71 Å². The van der Waals surface area contributed by atoms with E-state index >= 15 is 0 Å². The number of methoxy groups -OCH3 is 2. The second-order valence-corrected chi connectivity index (χ2v) is 11.6. The van der Waals surface area contributed by atoms with Gasteiger partial charge in [0.1, 0.15) is 28.4 Å². The number of rotatable bonds is 14. The lowest BCUT2D eigenvalue weighted by molar-refractivity contribution is -0.00269. The first-order valence-corrected chi connectivity index (χ1v) is 14.3. The second kappa shape index (κ2) is 13.7. The van der Waals surface area contributed by atoms with Crippen molar-refractivity contribution in [2.75, 3.05) is 34.9 Å². The van der Waals surface area contributed by atoms with Crippen molar-refractivity contribution < 1.29 is 27.8 Å². The van der Waals surface area contributed by atoms with E-state index in [1.165, 1.54) is 36.4 Å². The summed E-state index contributed by atoms with van der Waals surface area (Å²) in [5.74, 6) is 0.466. The van der Waals surface area contributed by atoms with Crippen LogP contribution in [0.3, 0.4) is 0 Å². The molecule has 1 unspecified atom stereocenters. The number of aromatic nitrogens is 1. The number of hydrogen-bond acceptors (Lipinski definition) is 9. The quantitative estimate of drug-likeness (QED) is 0.288. The van der Waals surface area contributed by atoms with Crippen LogP contribution in [0, 0.1) is 0 Å². The highest BCUT2D eigenvalue weighted by molar-refractivity contribution is 7.87. The van der Waals surface area contributed by atoms with Crippen LogP contribution in [-0.2, 0) is 29.6 Å². The molecule has 0 bridgehead atoms. The predicted molar refractivity (Wildman–Crippen MR) is 147 cm³/mol. The van der Waals surface area contributed by atoms with Crippen LogP contribution in [-0.4, -0.2) is 74.7 Å². The van der Waals surface area contributed by atoms with Crippen molar-refractivity contribution in [3.05, 3.63) is 75.7 Å². The minimum absolute atomic E-state index is 0.00553. The number of thiazole rings is 1. The molecule has 0 aliphatic carbocycles. The summed E-state index contributed by atoms with van der Waals surface area (Å²) in [4.78, 5) is 18.7. The van der Waals surface area contributed by atoms with Gasteiger partial charge in [0.15, 0.2) is 0 Å². The van der Waals surface area contributed by atoms with Gasteiger partial charge in [-0.1, -0.05) is 36.4 Å². The highest BCUT2D eigenvalue weighted by Crippen LogP contribution is 2.27. The number of aliphatic hydroxyl groups is 1. The third-order valence-corrected chi connectivity index (χ3v) is 8.14. The monoisotopic (exact) mass is 562 g/mol. The molecular weight excluding hydrogens is 528 g/mol. The summed E-state index contributed by atoms with van der Waals surface area (Å²) in [5, 5.41) is 13.3. The summed E-state index contributed by atoms with van der Waals surface area (Å²) < 4.78 is 37.7. The largest absolute Gasteiger partial charge is 0.497 e. The Morgan fingerprint density at radius 2 is 1.87 bits per heavy atom. The van der Waals surface area contributed by atoms with Gasteiger partial charge in [-0.15, -0.1) is 11.3 Å². The van der Waals surface area contributed by atoms with Crippen molar-refractivity contribution in [3.8, 4) is 11.5 Å². The third kappa shape index (κ3) is 8.23. The van der Waals surface area contributed by atoms with Crippen LogP contribution in [0.25, 0.3) is 0 Å². The van der Waals surface area contributed by atoms with E-state index in [1.54, 1.807) is 20.3 Å². The smallest absolute Gasteiger partial charge is 0.303 e. The third-order valence-electron chi connectivity index (χ3n) is 5.90. The van der Waals surface area contributed by atoms with Gasteiger partial charge in [0.2, 0.25) is 0 Å². The number of aryl methyl sites for hydroxylation is 1. The Morgan fingerprint density at radius 1 is 1.13 bits per heavy atom. The van der Waals surface area contributed by atoms with Crippen molar-refractivity contribution in [2.45, 2.75) is 32.0 Å². The number of hydrogen-bond donors (Lipinski definition) is 2. The second-order valence-electron chi connectivity index (χ2n) is 8.77. The summed E-state index contributed by atoms with van der Waals surface area (Å²) >= 11 is 1.23. The molecular formula is C26H34N4O6S2. The van der Waals surface area contributed by atoms with E-state index in [4.69, 9.17) is 9.47 Å². The van der Waals surface area contributed by atoms with Gasteiger partial charge in [0.05, 0.1) is 20.8 Å². The summed E-state index contributed by atoms with van der Waals surface area (Å²) in [5.41, 5.74) is 2.03. The first-order valence-electron chi connectivity index (χ1n) is 12.0. The van der Waals surface area contributed by atoms with Gasteiger partial charge in [0.25, 0.3) is 5.91 Å². The van der Waals surface area contributed by atoms with Crippen molar-refractivity contribution in [3.63, 3.8) is 0 Å². The lowest BCUT2D eigenvalue weighted by Crippen LogP contribution is -2.39. The molecule has 1 atom stereocenters. The minimum Gasteiger partial charge on any atom is -0.497 e. The number of carbonyl (C=O) groups excluding carboxylic acids is 1. The Hall–Kier alpha value is -3.03. The van der Waals surface area contributed by atoms with Crippen LogP contribution in [0.1, 0.15) is 33.0 Å². The Balaban J connectivity index is 1.75. The van der Waals surface area contributed by atoms with Gasteiger partial charge in [-0.2, -0.15) is 12.7 Å². The van der Waals surface area contributed by atoms with E-state index in [2.05, 4.69) is 17.1 Å². The van der Waals surface area contributed by atoms with E-state index in [9.17, 15) is 18.3 Å². The molecule has 3 aromatic rings. The molecule has 38 heavy (non-hydrogen) atoms. The number of ether oxygens (including phenoxy) is 2. The number of nitrogens with one attached hydrogen (secondary N) is 1. The fourth-order valence-corrected chi connectivity index (χ4v) is 5.05. The van der Waals surface area contributed by atoms with E-state index < -0.39 is 22.3 Å². The van der Waals surface area contributed by atoms with Crippen LogP contribution < -0.4 is 14.2 Å². The van der Waals surface area contributed by atoms with E-state index in [0.29, 0.717) is 29.5 Å². The summed E-state index contributed by atoms with van der Waals surface area (Å²) in [6.07, 6.45) is 1.08. The molecule has 1 heterocycles. The number of nitrogens with zero attached hydrogens (tertiary/aromatic N) is 3. The normalized spacial score (nSPS) is 12.5. The fraction of sp³-hybridized carbons (Fsp3) is 0.385. The first kappa shape index (κ1) is 29.5. The molecule has 1 amide bonds. The topological polar surface area (TPSA) is 121 Å². The molecule has 0 spiro atoms. The zero-order chi connectivity index (χ0) is 27.7. The summed E-state index contributed by atoms with van der Waals surface area (Å²) in [6.45, 7) is 0.859. The van der Waals surface area contributed by atoms with Crippen LogP contribution in [0.2, 0.25) is 0 Å². The molecule has 3 rings (SSSR count).